The molecule has 5 heteroatoms. The van der Waals surface area contributed by atoms with Gasteiger partial charge in [0, 0.05) is 24.8 Å². The van der Waals surface area contributed by atoms with E-state index in [0.29, 0.717) is 16.3 Å². The molecule has 2 rings (SSSR count). The van der Waals surface area contributed by atoms with Crippen LogP contribution in [0.3, 0.4) is 0 Å². The maximum absolute atomic E-state index is 12.0. The monoisotopic (exact) mass is 300 g/mol. The molecule has 16 heavy (non-hydrogen) atoms. The zero-order chi connectivity index (χ0) is 11.9. The van der Waals surface area contributed by atoms with Gasteiger partial charge in [-0.25, -0.2) is 0 Å². The van der Waals surface area contributed by atoms with Crippen molar-refractivity contribution in [2.24, 2.45) is 0 Å². The molecule has 0 bridgehead atoms. The van der Waals surface area contributed by atoms with Crippen LogP contribution in [0.2, 0.25) is 5.02 Å². The predicted molar refractivity (Wildman–Crippen MR) is 68.9 cm³/mol. The number of nitrogens with one attached hydrogen (secondary N) is 1. The van der Waals surface area contributed by atoms with Gasteiger partial charge in [-0.1, -0.05) is 11.6 Å². The first-order chi connectivity index (χ1) is 7.50. The van der Waals surface area contributed by atoms with Crippen LogP contribution in [-0.2, 0) is 0 Å². The van der Waals surface area contributed by atoms with Gasteiger partial charge in [-0.2, -0.15) is 0 Å². The quantitative estimate of drug-likeness (QED) is 0.809. The van der Waals surface area contributed by atoms with Gasteiger partial charge in [-0.05, 0) is 28.1 Å². The lowest BCUT2D eigenvalue weighted by atomic mass is 10.1. The molecule has 1 aliphatic rings. The molecule has 1 aliphatic heterocycles. The van der Waals surface area contributed by atoms with Crippen molar-refractivity contribution in [3.8, 4) is 0 Å². The Balaban J connectivity index is 2.51. The SMILES string of the molecule is CN(C)/C=C1/Nc2ccc(Br)c(Cl)c2C1=O. The Morgan fingerprint density at radius 1 is 1.44 bits per heavy atom. The average Bonchev–Trinajstić information content (AvgIpc) is 2.50. The number of allylic oxidation sites excluding steroid dienone is 1. The molecule has 1 heterocycles. The molecule has 0 aliphatic carbocycles. The normalized spacial score (nSPS) is 16.2. The third-order valence-corrected chi connectivity index (χ3v) is 3.50. The predicted octanol–water partition coefficient (Wildman–Crippen LogP) is 3.11. The molecule has 1 N–H and O–H groups in total. The molecule has 0 unspecified atom stereocenters. The molecule has 1 aromatic carbocycles. The van der Waals surface area contributed by atoms with Crippen molar-refractivity contribution in [3.63, 3.8) is 0 Å². The lowest BCUT2D eigenvalue weighted by Crippen LogP contribution is -2.09. The molecule has 0 radical (unpaired) electrons. The molecular formula is C11H10BrClN2O. The maximum Gasteiger partial charge on any atom is 0.214 e. The van der Waals surface area contributed by atoms with Gasteiger partial charge >= 0.3 is 0 Å². The molecule has 0 atom stereocenters. The van der Waals surface area contributed by atoms with Crippen LogP contribution in [0, 0.1) is 0 Å². The van der Waals surface area contributed by atoms with Crippen LogP contribution in [0.4, 0.5) is 5.69 Å². The Kier molecular flexibility index (Phi) is 2.95. The Hall–Kier alpha value is -1.00. The summed E-state index contributed by atoms with van der Waals surface area (Å²) in [5.74, 6) is -0.0741. The van der Waals surface area contributed by atoms with Crippen molar-refractivity contribution < 1.29 is 4.79 Å². The molecule has 0 fully saturated rings. The molecule has 3 nitrogen and oxygen atoms in total. The first-order valence-corrected chi connectivity index (χ1v) is 5.86. The number of hydrogen-bond acceptors (Lipinski definition) is 3. The smallest absolute Gasteiger partial charge is 0.214 e. The Labute approximate surface area is 107 Å². The lowest BCUT2D eigenvalue weighted by molar-refractivity contribution is 0.104. The maximum atomic E-state index is 12.0. The standard InChI is InChI=1S/C11H10BrClN2O/c1-15(2)5-8-11(16)9-7(14-8)4-3-6(12)10(9)13/h3-5,14H,1-2H3/b8-5+. The van der Waals surface area contributed by atoms with Gasteiger partial charge < -0.3 is 10.2 Å². The number of anilines is 1. The number of rotatable bonds is 1. The fraction of sp³-hybridized carbons (Fsp3) is 0.182. The molecule has 0 saturated carbocycles. The van der Waals surface area contributed by atoms with Crippen molar-refractivity contribution in [2.75, 3.05) is 19.4 Å². The Bertz CT molecular complexity index is 497. The van der Waals surface area contributed by atoms with Crippen LogP contribution in [0.15, 0.2) is 28.5 Å². The van der Waals surface area contributed by atoms with Gasteiger partial charge in [-0.3, -0.25) is 4.79 Å². The molecule has 0 amide bonds. The average molecular weight is 302 g/mol. The van der Waals surface area contributed by atoms with Gasteiger partial charge in [0.15, 0.2) is 0 Å². The second-order valence-corrected chi connectivity index (χ2v) is 4.98. The van der Waals surface area contributed by atoms with Crippen LogP contribution in [-0.4, -0.2) is 24.8 Å². The minimum atomic E-state index is -0.0741. The van der Waals surface area contributed by atoms with Crippen molar-refractivity contribution >= 4 is 39.0 Å². The van der Waals surface area contributed by atoms with Crippen LogP contribution in [0.25, 0.3) is 0 Å². The highest BCUT2D eigenvalue weighted by Crippen LogP contribution is 2.37. The van der Waals surface area contributed by atoms with E-state index in [1.54, 1.807) is 6.20 Å². The molecule has 0 aromatic heterocycles. The molecule has 84 valence electrons. The van der Waals surface area contributed by atoms with E-state index in [-0.39, 0.29) is 5.78 Å². The Morgan fingerprint density at radius 3 is 2.75 bits per heavy atom. The number of carbonyl (C=O) groups excluding carboxylic acids is 1. The summed E-state index contributed by atoms with van der Waals surface area (Å²) >= 11 is 9.39. The molecule has 0 saturated heterocycles. The van der Waals surface area contributed by atoms with Gasteiger partial charge in [0.25, 0.3) is 0 Å². The molecular weight excluding hydrogens is 291 g/mol. The Morgan fingerprint density at radius 2 is 2.12 bits per heavy atom. The van der Waals surface area contributed by atoms with E-state index in [1.807, 2.05) is 31.1 Å². The fourth-order valence-corrected chi connectivity index (χ4v) is 2.14. The number of halogens is 2. The summed E-state index contributed by atoms with van der Waals surface area (Å²) in [5, 5.41) is 3.50. The van der Waals surface area contributed by atoms with E-state index in [2.05, 4.69) is 21.2 Å². The highest BCUT2D eigenvalue weighted by atomic mass is 79.9. The third kappa shape index (κ3) is 1.83. The second kappa shape index (κ2) is 4.11. The van der Waals surface area contributed by atoms with Crippen LogP contribution in [0.1, 0.15) is 10.4 Å². The fourth-order valence-electron chi connectivity index (χ4n) is 1.56. The largest absolute Gasteiger partial charge is 0.382 e. The summed E-state index contributed by atoms with van der Waals surface area (Å²) in [5.41, 5.74) is 1.83. The summed E-state index contributed by atoms with van der Waals surface area (Å²) in [7, 11) is 3.73. The van der Waals surface area contributed by atoms with Gasteiger partial charge in [0.05, 0.1) is 16.3 Å². The number of carbonyl (C=O) groups is 1. The summed E-state index contributed by atoms with van der Waals surface area (Å²) < 4.78 is 0.731. The van der Waals surface area contributed by atoms with Crippen LogP contribution < -0.4 is 5.32 Å². The minimum Gasteiger partial charge on any atom is -0.382 e. The van der Waals surface area contributed by atoms with Crippen molar-refractivity contribution in [1.82, 2.24) is 4.90 Å². The van der Waals surface area contributed by atoms with Crippen molar-refractivity contribution in [2.45, 2.75) is 0 Å². The van der Waals surface area contributed by atoms with E-state index in [0.717, 1.165) is 10.2 Å². The van der Waals surface area contributed by atoms with Gasteiger partial charge in [0.2, 0.25) is 5.78 Å². The molecule has 0 spiro atoms. The second-order valence-electron chi connectivity index (χ2n) is 3.74. The summed E-state index contributed by atoms with van der Waals surface area (Å²) in [4.78, 5) is 13.9. The number of hydrogen-bond donors (Lipinski definition) is 1. The summed E-state index contributed by atoms with van der Waals surface area (Å²) in [6.45, 7) is 0. The topological polar surface area (TPSA) is 32.3 Å². The van der Waals surface area contributed by atoms with Gasteiger partial charge in [-0.15, -0.1) is 0 Å². The number of ketones is 1. The van der Waals surface area contributed by atoms with E-state index in [9.17, 15) is 4.79 Å². The minimum absolute atomic E-state index is 0.0741. The highest BCUT2D eigenvalue weighted by molar-refractivity contribution is 9.10. The van der Waals surface area contributed by atoms with E-state index in [4.69, 9.17) is 11.6 Å². The lowest BCUT2D eigenvalue weighted by Gasteiger charge is -2.06. The summed E-state index contributed by atoms with van der Waals surface area (Å²) in [6, 6.07) is 3.65. The summed E-state index contributed by atoms with van der Waals surface area (Å²) in [6.07, 6.45) is 1.74. The number of fused-ring (bicyclic) bond motifs is 1. The van der Waals surface area contributed by atoms with Crippen LogP contribution in [0.5, 0.6) is 0 Å². The zero-order valence-electron chi connectivity index (χ0n) is 8.84. The number of Topliss-reactive ketones (excluding diaryl/α,β-unsaturated/α-hetero) is 1. The highest BCUT2D eigenvalue weighted by Gasteiger charge is 2.28. The number of benzene rings is 1. The number of nitrogens with zero attached hydrogens (tertiary/aromatic N) is 1. The van der Waals surface area contributed by atoms with Crippen LogP contribution >= 0.6 is 27.5 Å². The zero-order valence-corrected chi connectivity index (χ0v) is 11.2. The van der Waals surface area contributed by atoms with Crippen molar-refractivity contribution in [1.29, 1.82) is 0 Å². The van der Waals surface area contributed by atoms with E-state index >= 15 is 0 Å². The van der Waals surface area contributed by atoms with Gasteiger partial charge in [0.1, 0.15) is 5.70 Å². The van der Waals surface area contributed by atoms with E-state index in [1.165, 1.54) is 0 Å². The van der Waals surface area contributed by atoms with E-state index < -0.39 is 0 Å². The first kappa shape index (κ1) is 11.5. The van der Waals surface area contributed by atoms with Crippen molar-refractivity contribution in [3.05, 3.63) is 39.1 Å². The third-order valence-electron chi connectivity index (χ3n) is 2.22. The molecule has 1 aromatic rings. The first-order valence-electron chi connectivity index (χ1n) is 4.68.